The van der Waals surface area contributed by atoms with E-state index in [9.17, 15) is 23.1 Å². The van der Waals surface area contributed by atoms with Gasteiger partial charge in [0.2, 0.25) is 15.9 Å². The van der Waals surface area contributed by atoms with Gasteiger partial charge in [-0.1, -0.05) is 32.6 Å². The molecular formula is C22H41N3O5S. The SMILES string of the molecule is CCCCS(=O)(=O)N[C@@H](CCC(=O)N1CCC(CCCC2CCNCC2)CC1)C(=O)O. The number of hydrogen-bond acceptors (Lipinski definition) is 5. The molecule has 0 radical (unpaired) electrons. The summed E-state index contributed by atoms with van der Waals surface area (Å²) in [5.41, 5.74) is 0. The van der Waals surface area contributed by atoms with Crippen molar-refractivity contribution in [3.63, 3.8) is 0 Å². The summed E-state index contributed by atoms with van der Waals surface area (Å²) < 4.78 is 26.2. The summed E-state index contributed by atoms with van der Waals surface area (Å²) >= 11 is 0. The van der Waals surface area contributed by atoms with Crippen molar-refractivity contribution >= 4 is 21.9 Å². The molecule has 3 N–H and O–H groups in total. The van der Waals surface area contributed by atoms with Crippen LogP contribution >= 0.6 is 0 Å². The van der Waals surface area contributed by atoms with Gasteiger partial charge in [-0.25, -0.2) is 13.1 Å². The first-order valence-electron chi connectivity index (χ1n) is 12.0. The zero-order valence-corrected chi connectivity index (χ0v) is 19.8. The molecule has 2 aliphatic heterocycles. The van der Waals surface area contributed by atoms with Crippen LogP contribution in [0.15, 0.2) is 0 Å². The number of carboxylic acids is 1. The van der Waals surface area contributed by atoms with Crippen molar-refractivity contribution < 1.29 is 23.1 Å². The Hall–Kier alpha value is -1.19. The third-order valence-electron chi connectivity index (χ3n) is 6.68. The molecule has 0 unspecified atom stereocenters. The number of sulfonamides is 1. The first-order chi connectivity index (χ1) is 14.8. The van der Waals surface area contributed by atoms with Crippen molar-refractivity contribution in [2.45, 2.75) is 83.6 Å². The molecule has 0 spiro atoms. The lowest BCUT2D eigenvalue weighted by molar-refractivity contribution is -0.139. The number of unbranched alkanes of at least 4 members (excludes halogenated alkanes) is 1. The molecule has 2 fully saturated rings. The number of nitrogens with one attached hydrogen (secondary N) is 2. The second-order valence-corrected chi connectivity index (χ2v) is 11.0. The molecular weight excluding hydrogens is 418 g/mol. The summed E-state index contributed by atoms with van der Waals surface area (Å²) in [6.45, 7) is 5.61. The number of hydrogen-bond donors (Lipinski definition) is 3. The number of carbonyl (C=O) groups is 2. The number of carboxylic acid groups (broad SMARTS) is 1. The van der Waals surface area contributed by atoms with Crippen LogP contribution in [0.3, 0.4) is 0 Å². The van der Waals surface area contributed by atoms with Gasteiger partial charge in [0.15, 0.2) is 0 Å². The lowest BCUT2D eigenvalue weighted by atomic mass is 9.87. The molecule has 0 aromatic rings. The minimum absolute atomic E-state index is 0.0182. The maximum absolute atomic E-state index is 12.5. The third kappa shape index (κ3) is 9.87. The number of rotatable bonds is 13. The van der Waals surface area contributed by atoms with E-state index in [4.69, 9.17) is 0 Å². The molecule has 31 heavy (non-hydrogen) atoms. The van der Waals surface area contributed by atoms with Gasteiger partial charge in [-0.05, 0) is 63.5 Å². The number of aliphatic carboxylic acids is 1. The number of nitrogens with zero attached hydrogens (tertiary/aromatic N) is 1. The van der Waals surface area contributed by atoms with E-state index in [2.05, 4.69) is 10.0 Å². The van der Waals surface area contributed by atoms with Crippen LogP contribution in [0.4, 0.5) is 0 Å². The fourth-order valence-electron chi connectivity index (χ4n) is 4.61. The Morgan fingerprint density at radius 2 is 1.68 bits per heavy atom. The second-order valence-electron chi connectivity index (χ2n) is 9.17. The van der Waals surface area contributed by atoms with Crippen LogP contribution in [-0.2, 0) is 19.6 Å². The van der Waals surface area contributed by atoms with Gasteiger partial charge >= 0.3 is 5.97 Å². The van der Waals surface area contributed by atoms with E-state index in [1.165, 1.54) is 32.1 Å². The van der Waals surface area contributed by atoms with Crippen LogP contribution < -0.4 is 10.0 Å². The Morgan fingerprint density at radius 1 is 1.06 bits per heavy atom. The average molecular weight is 460 g/mol. The van der Waals surface area contributed by atoms with Crippen LogP contribution in [-0.4, -0.2) is 68.3 Å². The summed E-state index contributed by atoms with van der Waals surface area (Å²) in [7, 11) is -3.64. The van der Waals surface area contributed by atoms with Gasteiger partial charge in [0.05, 0.1) is 5.75 Å². The Morgan fingerprint density at radius 3 is 2.26 bits per heavy atom. The van der Waals surface area contributed by atoms with Gasteiger partial charge in [-0.15, -0.1) is 0 Å². The summed E-state index contributed by atoms with van der Waals surface area (Å²) in [6.07, 6.45) is 9.62. The van der Waals surface area contributed by atoms with E-state index in [-0.39, 0.29) is 24.5 Å². The topological polar surface area (TPSA) is 116 Å². The van der Waals surface area contributed by atoms with E-state index >= 15 is 0 Å². The van der Waals surface area contributed by atoms with Gasteiger partial charge < -0.3 is 15.3 Å². The minimum atomic E-state index is -3.64. The molecule has 8 nitrogen and oxygen atoms in total. The standard InChI is InChI=1S/C22H41N3O5S/c1-2-3-17-31(29,30)24-20(22(27)28)7-8-21(26)25-15-11-19(12-16-25)6-4-5-18-9-13-23-14-10-18/h18-20,23-24H,2-17H2,1H3,(H,27,28)/t20-/m0/s1. The highest BCUT2D eigenvalue weighted by Gasteiger charge is 2.27. The quantitative estimate of drug-likeness (QED) is 0.389. The molecule has 1 amide bonds. The number of amides is 1. The lowest BCUT2D eigenvalue weighted by Gasteiger charge is -2.32. The molecule has 0 aromatic carbocycles. The molecule has 2 aliphatic rings. The van der Waals surface area contributed by atoms with E-state index in [0.29, 0.717) is 18.8 Å². The first-order valence-corrected chi connectivity index (χ1v) is 13.7. The molecule has 2 rings (SSSR count). The molecule has 2 saturated heterocycles. The molecule has 9 heteroatoms. The number of likely N-dealkylation sites (tertiary alicyclic amines) is 1. The van der Waals surface area contributed by atoms with Crippen LogP contribution in [0.2, 0.25) is 0 Å². The van der Waals surface area contributed by atoms with E-state index in [1.807, 2.05) is 11.8 Å². The third-order valence-corrected chi connectivity index (χ3v) is 8.15. The van der Waals surface area contributed by atoms with Gasteiger partial charge in [-0.3, -0.25) is 9.59 Å². The van der Waals surface area contributed by atoms with Crippen LogP contribution in [0.1, 0.15) is 77.6 Å². The molecule has 0 aromatic heterocycles. The van der Waals surface area contributed by atoms with E-state index in [1.54, 1.807) is 0 Å². The van der Waals surface area contributed by atoms with Crippen LogP contribution in [0, 0.1) is 11.8 Å². The Balaban J connectivity index is 1.67. The molecule has 0 bridgehead atoms. The van der Waals surface area contributed by atoms with E-state index < -0.39 is 22.0 Å². The smallest absolute Gasteiger partial charge is 0.321 e. The Kier molecular flexibility index (Phi) is 11.2. The van der Waals surface area contributed by atoms with Crippen molar-refractivity contribution in [1.82, 2.24) is 14.9 Å². The Labute approximate surface area is 187 Å². The van der Waals surface area contributed by atoms with Crippen molar-refractivity contribution in [3.05, 3.63) is 0 Å². The largest absolute Gasteiger partial charge is 0.480 e. The molecule has 2 heterocycles. The molecule has 1 atom stereocenters. The highest BCUT2D eigenvalue weighted by atomic mass is 32.2. The fraction of sp³-hybridized carbons (Fsp3) is 0.909. The highest BCUT2D eigenvalue weighted by Crippen LogP contribution is 2.26. The first kappa shape index (κ1) is 26.1. The van der Waals surface area contributed by atoms with Gasteiger partial charge in [-0.2, -0.15) is 0 Å². The van der Waals surface area contributed by atoms with Gasteiger partial charge in [0.1, 0.15) is 6.04 Å². The maximum Gasteiger partial charge on any atom is 0.321 e. The predicted octanol–water partition coefficient (Wildman–Crippen LogP) is 2.35. The van der Waals surface area contributed by atoms with Crippen LogP contribution in [0.5, 0.6) is 0 Å². The summed E-state index contributed by atoms with van der Waals surface area (Å²) in [4.78, 5) is 25.8. The predicted molar refractivity (Wildman–Crippen MR) is 121 cm³/mol. The minimum Gasteiger partial charge on any atom is -0.480 e. The number of piperidine rings is 2. The van der Waals surface area contributed by atoms with Crippen molar-refractivity contribution in [2.75, 3.05) is 31.9 Å². The lowest BCUT2D eigenvalue weighted by Crippen LogP contribution is -2.43. The average Bonchev–Trinajstić information content (AvgIpc) is 2.76. The summed E-state index contributed by atoms with van der Waals surface area (Å²) in [5.74, 6) is 0.131. The van der Waals surface area contributed by atoms with Gasteiger partial charge in [0.25, 0.3) is 0 Å². The normalized spacial score (nSPS) is 20.0. The molecule has 180 valence electrons. The van der Waals surface area contributed by atoms with Gasteiger partial charge in [0, 0.05) is 19.5 Å². The highest BCUT2D eigenvalue weighted by molar-refractivity contribution is 7.89. The summed E-state index contributed by atoms with van der Waals surface area (Å²) in [5, 5.41) is 12.7. The summed E-state index contributed by atoms with van der Waals surface area (Å²) in [6, 6.07) is -1.25. The molecule has 0 aliphatic carbocycles. The number of carbonyl (C=O) groups excluding carboxylic acids is 1. The van der Waals surface area contributed by atoms with Crippen molar-refractivity contribution in [3.8, 4) is 0 Å². The van der Waals surface area contributed by atoms with E-state index in [0.717, 1.165) is 44.9 Å². The van der Waals surface area contributed by atoms with Crippen LogP contribution in [0.25, 0.3) is 0 Å². The van der Waals surface area contributed by atoms with Crippen molar-refractivity contribution in [2.24, 2.45) is 11.8 Å². The maximum atomic E-state index is 12.5. The molecule has 0 saturated carbocycles. The fourth-order valence-corrected chi connectivity index (χ4v) is 6.04. The zero-order chi connectivity index (χ0) is 22.7. The van der Waals surface area contributed by atoms with Crippen molar-refractivity contribution in [1.29, 1.82) is 0 Å². The second kappa shape index (κ2) is 13.4. The zero-order valence-electron chi connectivity index (χ0n) is 19.0. The monoisotopic (exact) mass is 459 g/mol. The Bertz CT molecular complexity index is 656.